The first-order valence-electron chi connectivity index (χ1n) is 5.76. The van der Waals surface area contributed by atoms with Crippen LogP contribution in [0.2, 0.25) is 0 Å². The molecule has 0 aliphatic carbocycles. The van der Waals surface area contributed by atoms with Gasteiger partial charge >= 0.3 is 5.97 Å². The summed E-state index contributed by atoms with van der Waals surface area (Å²) in [6, 6.07) is 7.49. The van der Waals surface area contributed by atoms with Gasteiger partial charge in [-0.25, -0.2) is 0 Å². The Bertz CT molecular complexity index is 426. The maximum Gasteiger partial charge on any atom is 0.305 e. The second-order valence-electron chi connectivity index (χ2n) is 3.64. The predicted molar refractivity (Wildman–Crippen MR) is 71.3 cm³/mol. The first-order chi connectivity index (χ1) is 8.67. The fourth-order valence-electron chi connectivity index (χ4n) is 1.54. The molecule has 0 spiro atoms. The number of hydrogen-bond acceptors (Lipinski definition) is 4. The summed E-state index contributed by atoms with van der Waals surface area (Å²) in [5.74, 6) is -0.787. The van der Waals surface area contributed by atoms with Crippen molar-refractivity contribution in [2.75, 3.05) is 18.0 Å². The molecular weight excluding hydrogens is 230 g/mol. The molecule has 0 aromatic heterocycles. The molecule has 0 heterocycles. The van der Waals surface area contributed by atoms with E-state index in [9.17, 15) is 4.79 Å². The Morgan fingerprint density at radius 1 is 1.44 bits per heavy atom. The number of rotatable bonds is 7. The molecule has 0 bridgehead atoms. The fourth-order valence-corrected chi connectivity index (χ4v) is 1.54. The molecular formula is C13H17N3O2. The molecule has 0 unspecified atom stereocenters. The quantitative estimate of drug-likeness (QED) is 0.752. The standard InChI is InChI=1S/C13H17N3O2/c1-3-14-15-11-5-7-12(8-6-11)16(4-2)10-9-13(17)18/h3,5-8H,1,4,9-10H2,2H3,(H,17,18). The summed E-state index contributed by atoms with van der Waals surface area (Å²) in [6.45, 7) is 6.71. The van der Waals surface area contributed by atoms with Crippen LogP contribution < -0.4 is 4.90 Å². The molecule has 0 saturated heterocycles. The van der Waals surface area contributed by atoms with E-state index in [2.05, 4.69) is 16.8 Å². The van der Waals surface area contributed by atoms with Crippen LogP contribution in [0.15, 0.2) is 47.3 Å². The number of carboxylic acid groups (broad SMARTS) is 1. The highest BCUT2D eigenvalue weighted by Crippen LogP contribution is 2.20. The van der Waals surface area contributed by atoms with Crippen molar-refractivity contribution >= 4 is 17.3 Å². The SMILES string of the molecule is C=CN=Nc1ccc(N(CC)CCC(=O)O)cc1. The van der Waals surface area contributed by atoms with E-state index in [1.807, 2.05) is 36.1 Å². The minimum atomic E-state index is -0.787. The topological polar surface area (TPSA) is 65.3 Å². The van der Waals surface area contributed by atoms with Crippen LogP contribution in [0.4, 0.5) is 11.4 Å². The van der Waals surface area contributed by atoms with E-state index in [0.29, 0.717) is 6.54 Å². The average molecular weight is 247 g/mol. The van der Waals surface area contributed by atoms with Crippen molar-refractivity contribution < 1.29 is 9.90 Å². The number of nitrogens with zero attached hydrogens (tertiary/aromatic N) is 3. The van der Waals surface area contributed by atoms with Crippen molar-refractivity contribution in [1.82, 2.24) is 0 Å². The van der Waals surface area contributed by atoms with Crippen molar-refractivity contribution in [2.24, 2.45) is 10.2 Å². The zero-order valence-corrected chi connectivity index (χ0v) is 10.4. The maximum atomic E-state index is 10.6. The number of carboxylic acids is 1. The minimum absolute atomic E-state index is 0.131. The van der Waals surface area contributed by atoms with E-state index in [1.54, 1.807) is 0 Å². The van der Waals surface area contributed by atoms with Gasteiger partial charge in [-0.1, -0.05) is 6.58 Å². The molecule has 0 fully saturated rings. The predicted octanol–water partition coefficient (Wildman–Crippen LogP) is 3.21. The van der Waals surface area contributed by atoms with Gasteiger partial charge in [-0.2, -0.15) is 10.2 Å². The van der Waals surface area contributed by atoms with Crippen molar-refractivity contribution in [2.45, 2.75) is 13.3 Å². The fraction of sp³-hybridized carbons (Fsp3) is 0.308. The van der Waals surface area contributed by atoms with Crippen molar-refractivity contribution in [3.63, 3.8) is 0 Å². The highest BCUT2D eigenvalue weighted by molar-refractivity contribution is 5.67. The lowest BCUT2D eigenvalue weighted by Crippen LogP contribution is -2.25. The monoisotopic (exact) mass is 247 g/mol. The largest absolute Gasteiger partial charge is 0.481 e. The van der Waals surface area contributed by atoms with Crippen molar-refractivity contribution in [1.29, 1.82) is 0 Å². The van der Waals surface area contributed by atoms with E-state index in [-0.39, 0.29) is 6.42 Å². The highest BCUT2D eigenvalue weighted by atomic mass is 16.4. The van der Waals surface area contributed by atoms with E-state index < -0.39 is 5.97 Å². The summed E-state index contributed by atoms with van der Waals surface area (Å²) < 4.78 is 0. The molecule has 0 saturated carbocycles. The molecule has 5 nitrogen and oxygen atoms in total. The van der Waals surface area contributed by atoms with Gasteiger partial charge < -0.3 is 10.0 Å². The second-order valence-corrected chi connectivity index (χ2v) is 3.64. The Morgan fingerprint density at radius 3 is 2.61 bits per heavy atom. The smallest absolute Gasteiger partial charge is 0.305 e. The van der Waals surface area contributed by atoms with Crippen LogP contribution in [0.3, 0.4) is 0 Å². The van der Waals surface area contributed by atoms with E-state index >= 15 is 0 Å². The van der Waals surface area contributed by atoms with Crippen LogP contribution >= 0.6 is 0 Å². The summed E-state index contributed by atoms with van der Waals surface area (Å²) in [7, 11) is 0. The van der Waals surface area contributed by atoms with Gasteiger partial charge in [-0.05, 0) is 31.2 Å². The Kier molecular flexibility index (Phi) is 5.57. The van der Waals surface area contributed by atoms with Crippen LogP contribution in [0, 0.1) is 0 Å². The third-order valence-corrected chi connectivity index (χ3v) is 2.45. The number of anilines is 1. The van der Waals surface area contributed by atoms with Crippen LogP contribution in [-0.4, -0.2) is 24.2 Å². The van der Waals surface area contributed by atoms with Gasteiger partial charge in [0.25, 0.3) is 0 Å². The molecule has 5 heteroatoms. The first kappa shape index (κ1) is 13.9. The molecule has 0 aliphatic heterocycles. The molecule has 0 aliphatic rings. The number of benzene rings is 1. The minimum Gasteiger partial charge on any atom is -0.481 e. The van der Waals surface area contributed by atoms with E-state index in [4.69, 9.17) is 5.11 Å². The molecule has 0 radical (unpaired) electrons. The molecule has 1 rings (SSSR count). The highest BCUT2D eigenvalue weighted by Gasteiger charge is 2.06. The summed E-state index contributed by atoms with van der Waals surface area (Å²) >= 11 is 0. The second kappa shape index (κ2) is 7.21. The van der Waals surface area contributed by atoms with Gasteiger partial charge in [0.2, 0.25) is 0 Å². The van der Waals surface area contributed by atoms with Crippen molar-refractivity contribution in [3.05, 3.63) is 37.0 Å². The Morgan fingerprint density at radius 2 is 2.11 bits per heavy atom. The lowest BCUT2D eigenvalue weighted by Gasteiger charge is -2.22. The van der Waals surface area contributed by atoms with Gasteiger partial charge in [0, 0.05) is 25.0 Å². The number of carbonyl (C=O) groups is 1. The van der Waals surface area contributed by atoms with E-state index in [0.717, 1.165) is 17.9 Å². The summed E-state index contributed by atoms with van der Waals surface area (Å²) in [4.78, 5) is 12.6. The van der Waals surface area contributed by atoms with Crippen LogP contribution in [-0.2, 0) is 4.79 Å². The molecule has 0 atom stereocenters. The van der Waals surface area contributed by atoms with Crippen molar-refractivity contribution in [3.8, 4) is 0 Å². The van der Waals surface area contributed by atoms with Crippen LogP contribution in [0.1, 0.15) is 13.3 Å². The Balaban J connectivity index is 2.71. The Hall–Kier alpha value is -2.17. The summed E-state index contributed by atoms with van der Waals surface area (Å²) in [5, 5.41) is 16.3. The van der Waals surface area contributed by atoms with Gasteiger partial charge in [0.05, 0.1) is 12.1 Å². The summed E-state index contributed by atoms with van der Waals surface area (Å²) in [6.07, 6.45) is 1.50. The van der Waals surface area contributed by atoms with E-state index in [1.165, 1.54) is 6.20 Å². The van der Waals surface area contributed by atoms with Crippen LogP contribution in [0.25, 0.3) is 0 Å². The third kappa shape index (κ3) is 4.37. The Labute approximate surface area is 106 Å². The maximum absolute atomic E-state index is 10.6. The molecule has 1 aromatic carbocycles. The van der Waals surface area contributed by atoms with Crippen LogP contribution in [0.5, 0.6) is 0 Å². The lowest BCUT2D eigenvalue weighted by molar-refractivity contribution is -0.136. The average Bonchev–Trinajstić information content (AvgIpc) is 2.38. The normalized spacial score (nSPS) is 10.5. The number of aliphatic carboxylic acids is 1. The van der Waals surface area contributed by atoms with Gasteiger partial charge in [-0.3, -0.25) is 4.79 Å². The number of azo groups is 1. The molecule has 18 heavy (non-hydrogen) atoms. The van der Waals surface area contributed by atoms with Gasteiger partial charge in [0.1, 0.15) is 0 Å². The number of hydrogen-bond donors (Lipinski definition) is 1. The lowest BCUT2D eigenvalue weighted by atomic mass is 10.2. The van der Waals surface area contributed by atoms with Gasteiger partial charge in [-0.15, -0.1) is 0 Å². The zero-order valence-electron chi connectivity index (χ0n) is 10.4. The molecule has 96 valence electrons. The molecule has 1 N–H and O–H groups in total. The first-order valence-corrected chi connectivity index (χ1v) is 5.76. The summed E-state index contributed by atoms with van der Waals surface area (Å²) in [5.41, 5.74) is 1.73. The molecule has 0 amide bonds. The molecule has 1 aromatic rings. The zero-order chi connectivity index (χ0) is 13.4. The third-order valence-electron chi connectivity index (χ3n) is 2.45. The van der Waals surface area contributed by atoms with Gasteiger partial charge in [0.15, 0.2) is 0 Å².